The van der Waals surface area contributed by atoms with E-state index in [1.807, 2.05) is 0 Å². The van der Waals surface area contributed by atoms with Gasteiger partial charge in [0.25, 0.3) is 5.91 Å². The van der Waals surface area contributed by atoms with Gasteiger partial charge in [-0.2, -0.15) is 0 Å². The summed E-state index contributed by atoms with van der Waals surface area (Å²) in [7, 11) is 0. The minimum atomic E-state index is -0.289. The Kier molecular flexibility index (Phi) is 2.39. The average molecular weight is 220 g/mol. The first-order chi connectivity index (χ1) is 7.16. The Morgan fingerprint density at radius 1 is 1.27 bits per heavy atom. The molecule has 2 rings (SSSR count). The van der Waals surface area contributed by atoms with Crippen molar-refractivity contribution in [2.75, 3.05) is 0 Å². The van der Waals surface area contributed by atoms with Gasteiger partial charge in [0.05, 0.1) is 0 Å². The molecule has 0 unspecified atom stereocenters. The Balaban J connectivity index is 2.35. The van der Waals surface area contributed by atoms with Gasteiger partial charge in [-0.25, -0.2) is 0 Å². The van der Waals surface area contributed by atoms with Crippen molar-refractivity contribution in [1.82, 2.24) is 10.6 Å². The summed E-state index contributed by atoms with van der Waals surface area (Å²) in [6, 6.07) is 6.75. The zero-order valence-corrected chi connectivity index (χ0v) is 8.47. The van der Waals surface area contributed by atoms with Crippen molar-refractivity contribution >= 4 is 29.3 Å². The molecule has 0 saturated carbocycles. The predicted octanol–water partition coefficient (Wildman–Crippen LogP) is 0.737. The zero-order valence-electron chi connectivity index (χ0n) is 7.65. The van der Waals surface area contributed by atoms with Gasteiger partial charge in [0, 0.05) is 5.56 Å². The summed E-state index contributed by atoms with van der Waals surface area (Å²) in [6.07, 6.45) is 1.55. The Hall–Kier alpha value is -1.88. The fourth-order valence-corrected chi connectivity index (χ4v) is 1.45. The highest BCUT2D eigenvalue weighted by molar-refractivity contribution is 7.80. The molecule has 15 heavy (non-hydrogen) atoms. The van der Waals surface area contributed by atoms with Crippen molar-refractivity contribution in [3.8, 4) is 5.75 Å². The molecular formula is C10H8N2O2S. The monoisotopic (exact) mass is 220 g/mol. The van der Waals surface area contributed by atoms with Gasteiger partial charge in [0.2, 0.25) is 0 Å². The summed E-state index contributed by atoms with van der Waals surface area (Å²) in [6.45, 7) is 0. The lowest BCUT2D eigenvalue weighted by atomic mass is 10.1. The second-order valence-corrected chi connectivity index (χ2v) is 3.43. The Bertz CT molecular complexity index is 468. The maximum Gasteiger partial charge on any atom is 0.273 e. The van der Waals surface area contributed by atoms with Crippen molar-refractivity contribution in [3.63, 3.8) is 0 Å². The molecular weight excluding hydrogens is 212 g/mol. The first-order valence-electron chi connectivity index (χ1n) is 4.29. The van der Waals surface area contributed by atoms with Gasteiger partial charge < -0.3 is 10.4 Å². The first-order valence-corrected chi connectivity index (χ1v) is 4.69. The van der Waals surface area contributed by atoms with E-state index in [-0.39, 0.29) is 16.8 Å². The number of phenols is 1. The van der Waals surface area contributed by atoms with Crippen molar-refractivity contribution in [1.29, 1.82) is 0 Å². The highest BCUT2D eigenvalue weighted by Crippen LogP contribution is 2.18. The predicted molar refractivity (Wildman–Crippen MR) is 60.0 cm³/mol. The molecule has 1 aromatic carbocycles. The topological polar surface area (TPSA) is 61.4 Å². The van der Waals surface area contributed by atoms with Crippen LogP contribution in [0.15, 0.2) is 30.0 Å². The molecule has 0 atom stereocenters. The number of hydrogen-bond acceptors (Lipinski definition) is 3. The molecule has 0 aliphatic carbocycles. The van der Waals surface area contributed by atoms with Crippen LogP contribution in [0.25, 0.3) is 6.08 Å². The van der Waals surface area contributed by atoms with Crippen LogP contribution < -0.4 is 10.6 Å². The van der Waals surface area contributed by atoms with Gasteiger partial charge in [-0.05, 0) is 24.4 Å². The van der Waals surface area contributed by atoms with Crippen LogP contribution in [0.5, 0.6) is 5.75 Å². The summed E-state index contributed by atoms with van der Waals surface area (Å²) in [4.78, 5) is 11.3. The lowest BCUT2D eigenvalue weighted by Gasteiger charge is -1.99. The molecule has 0 bridgehead atoms. The number of aromatic hydroxyl groups is 1. The third-order valence-electron chi connectivity index (χ3n) is 1.96. The van der Waals surface area contributed by atoms with Gasteiger partial charge in [0.1, 0.15) is 11.4 Å². The van der Waals surface area contributed by atoms with E-state index in [1.165, 1.54) is 0 Å². The van der Waals surface area contributed by atoms with Gasteiger partial charge >= 0.3 is 0 Å². The van der Waals surface area contributed by atoms with E-state index in [2.05, 4.69) is 10.6 Å². The third kappa shape index (κ3) is 1.97. The van der Waals surface area contributed by atoms with Crippen molar-refractivity contribution in [2.24, 2.45) is 0 Å². The molecule has 1 aliphatic heterocycles. The van der Waals surface area contributed by atoms with E-state index in [1.54, 1.807) is 30.3 Å². The maximum absolute atomic E-state index is 11.3. The normalized spacial score (nSPS) is 17.7. The van der Waals surface area contributed by atoms with Gasteiger partial charge in [-0.3, -0.25) is 10.1 Å². The Morgan fingerprint density at radius 3 is 2.60 bits per heavy atom. The SMILES string of the molecule is O=C1NC(=S)N/C1=C/c1ccccc1O. The number of amides is 1. The smallest absolute Gasteiger partial charge is 0.273 e. The number of benzene rings is 1. The van der Waals surface area contributed by atoms with Crippen molar-refractivity contribution < 1.29 is 9.90 Å². The Morgan fingerprint density at radius 2 is 2.00 bits per heavy atom. The number of hydrogen-bond donors (Lipinski definition) is 3. The third-order valence-corrected chi connectivity index (χ3v) is 2.16. The average Bonchev–Trinajstić information content (AvgIpc) is 2.49. The standard InChI is InChI=1S/C10H8N2O2S/c13-8-4-2-1-3-6(8)5-7-9(14)12-10(15)11-7/h1-5,13H,(H2,11,12,14,15)/b7-5+. The number of nitrogens with one attached hydrogen (secondary N) is 2. The van der Waals surface area contributed by atoms with Crippen LogP contribution in [0, 0.1) is 0 Å². The highest BCUT2D eigenvalue weighted by Gasteiger charge is 2.20. The van der Waals surface area contributed by atoms with Crippen LogP contribution >= 0.6 is 12.2 Å². The van der Waals surface area contributed by atoms with E-state index >= 15 is 0 Å². The van der Waals surface area contributed by atoms with Crippen LogP contribution in [0.2, 0.25) is 0 Å². The number of carbonyl (C=O) groups is 1. The number of carbonyl (C=O) groups excluding carboxylic acids is 1. The number of rotatable bonds is 1. The van der Waals surface area contributed by atoms with Crippen molar-refractivity contribution in [2.45, 2.75) is 0 Å². The number of thiocarbonyl (C=S) groups is 1. The van der Waals surface area contributed by atoms with E-state index in [4.69, 9.17) is 12.2 Å². The summed E-state index contributed by atoms with van der Waals surface area (Å²) < 4.78 is 0. The molecule has 76 valence electrons. The maximum atomic E-state index is 11.3. The summed E-state index contributed by atoms with van der Waals surface area (Å²) in [5.74, 6) is -0.166. The van der Waals surface area contributed by atoms with E-state index in [0.29, 0.717) is 11.3 Å². The molecule has 1 aliphatic rings. The molecule has 1 heterocycles. The van der Waals surface area contributed by atoms with E-state index in [9.17, 15) is 9.90 Å². The lowest BCUT2D eigenvalue weighted by molar-refractivity contribution is -0.115. The molecule has 3 N–H and O–H groups in total. The lowest BCUT2D eigenvalue weighted by Crippen LogP contribution is -2.21. The molecule has 4 nitrogen and oxygen atoms in total. The van der Waals surface area contributed by atoms with Crippen LogP contribution in [0.1, 0.15) is 5.56 Å². The summed E-state index contributed by atoms with van der Waals surface area (Å²) >= 11 is 4.78. The highest BCUT2D eigenvalue weighted by atomic mass is 32.1. The second-order valence-electron chi connectivity index (χ2n) is 3.03. The van der Waals surface area contributed by atoms with Crippen LogP contribution in [-0.2, 0) is 4.79 Å². The molecule has 0 radical (unpaired) electrons. The van der Waals surface area contributed by atoms with Crippen LogP contribution in [-0.4, -0.2) is 16.1 Å². The molecule has 5 heteroatoms. The molecule has 0 spiro atoms. The van der Waals surface area contributed by atoms with Crippen LogP contribution in [0.3, 0.4) is 0 Å². The van der Waals surface area contributed by atoms with E-state index in [0.717, 1.165) is 0 Å². The molecule has 1 saturated heterocycles. The van der Waals surface area contributed by atoms with Gasteiger partial charge in [0.15, 0.2) is 5.11 Å². The first kappa shape index (κ1) is 9.67. The minimum Gasteiger partial charge on any atom is -0.507 e. The fraction of sp³-hybridized carbons (Fsp3) is 0. The summed E-state index contributed by atoms with van der Waals surface area (Å²) in [5.41, 5.74) is 0.904. The number of phenolic OH excluding ortho intramolecular Hbond substituents is 1. The quantitative estimate of drug-likeness (QED) is 0.482. The van der Waals surface area contributed by atoms with Gasteiger partial charge in [-0.15, -0.1) is 0 Å². The van der Waals surface area contributed by atoms with E-state index < -0.39 is 0 Å². The number of para-hydroxylation sites is 1. The minimum absolute atomic E-state index is 0.123. The van der Waals surface area contributed by atoms with Crippen LogP contribution in [0.4, 0.5) is 0 Å². The fourth-order valence-electron chi connectivity index (χ4n) is 1.25. The largest absolute Gasteiger partial charge is 0.507 e. The molecule has 1 amide bonds. The Labute approximate surface area is 91.6 Å². The van der Waals surface area contributed by atoms with Gasteiger partial charge in [-0.1, -0.05) is 18.2 Å². The zero-order chi connectivity index (χ0) is 10.8. The molecule has 1 fully saturated rings. The second kappa shape index (κ2) is 3.70. The summed E-state index contributed by atoms with van der Waals surface area (Å²) in [5, 5.41) is 14.9. The van der Waals surface area contributed by atoms with Crippen molar-refractivity contribution in [3.05, 3.63) is 35.5 Å². The molecule has 0 aromatic heterocycles. The molecule has 1 aromatic rings.